The molecule has 0 heterocycles. The predicted octanol–water partition coefficient (Wildman–Crippen LogP) is 4.76. The highest BCUT2D eigenvalue weighted by Gasteiger charge is 2.08. The molecule has 0 aliphatic carbocycles. The third kappa shape index (κ3) is 5.07. The number of hydrogen-bond acceptors (Lipinski definition) is 2. The molecule has 1 unspecified atom stereocenters. The number of unbranched alkanes of at least 4 members (excludes halogenated alkanes) is 1. The normalized spacial score (nSPS) is 12.1. The van der Waals surface area contributed by atoms with E-state index < -0.39 is 0 Å². The van der Waals surface area contributed by atoms with Gasteiger partial charge in [0.15, 0.2) is 0 Å². The highest BCUT2D eigenvalue weighted by Crippen LogP contribution is 2.27. The van der Waals surface area contributed by atoms with Gasteiger partial charge in [-0.15, -0.1) is 0 Å². The first-order valence-electron chi connectivity index (χ1n) is 7.38. The molecule has 0 amide bonds. The van der Waals surface area contributed by atoms with Crippen LogP contribution in [0.15, 0.2) is 48.5 Å². The molecule has 0 aromatic heterocycles. The van der Waals surface area contributed by atoms with E-state index in [2.05, 4.69) is 24.3 Å². The molecule has 2 aromatic carbocycles. The minimum absolute atomic E-state index is 0.0805. The molecule has 0 saturated carbocycles. The standard InChI is InChI=1S/C18H22ClNO/c1-14(20)17-13-16(19)10-11-18(17)21-12-6-5-9-15-7-3-2-4-8-15/h2-4,7-8,10-11,13-14H,5-6,9,12,20H2,1H3. The summed E-state index contributed by atoms with van der Waals surface area (Å²) >= 11 is 6.00. The number of halogens is 1. The molecule has 0 bridgehead atoms. The highest BCUT2D eigenvalue weighted by atomic mass is 35.5. The molecule has 0 fully saturated rings. The first-order chi connectivity index (χ1) is 10.2. The summed E-state index contributed by atoms with van der Waals surface area (Å²) in [5, 5.41) is 0.693. The summed E-state index contributed by atoms with van der Waals surface area (Å²) in [6.45, 7) is 2.64. The molecule has 3 heteroatoms. The van der Waals surface area contributed by atoms with Gasteiger partial charge < -0.3 is 10.5 Å². The smallest absolute Gasteiger partial charge is 0.124 e. The molecule has 2 aromatic rings. The molecule has 2 rings (SSSR count). The lowest BCUT2D eigenvalue weighted by Gasteiger charge is -2.14. The quantitative estimate of drug-likeness (QED) is 0.748. The Hall–Kier alpha value is -1.51. The number of hydrogen-bond donors (Lipinski definition) is 1. The van der Waals surface area contributed by atoms with Gasteiger partial charge in [-0.2, -0.15) is 0 Å². The van der Waals surface area contributed by atoms with Crippen molar-refractivity contribution in [1.82, 2.24) is 0 Å². The summed E-state index contributed by atoms with van der Waals surface area (Å²) in [5.41, 5.74) is 8.29. The SMILES string of the molecule is CC(N)c1cc(Cl)ccc1OCCCCc1ccccc1. The zero-order valence-electron chi connectivity index (χ0n) is 12.4. The topological polar surface area (TPSA) is 35.2 Å². The van der Waals surface area contributed by atoms with Crippen molar-refractivity contribution in [3.05, 3.63) is 64.7 Å². The summed E-state index contributed by atoms with van der Waals surface area (Å²) in [4.78, 5) is 0. The van der Waals surface area contributed by atoms with E-state index in [1.807, 2.05) is 31.2 Å². The van der Waals surface area contributed by atoms with Crippen LogP contribution in [0.3, 0.4) is 0 Å². The molecule has 2 N–H and O–H groups in total. The van der Waals surface area contributed by atoms with E-state index in [0.29, 0.717) is 11.6 Å². The van der Waals surface area contributed by atoms with Crippen molar-refractivity contribution in [3.8, 4) is 5.75 Å². The number of ether oxygens (including phenoxy) is 1. The van der Waals surface area contributed by atoms with E-state index in [-0.39, 0.29) is 6.04 Å². The summed E-state index contributed by atoms with van der Waals surface area (Å²) in [6, 6.07) is 16.1. The van der Waals surface area contributed by atoms with Crippen LogP contribution in [0.1, 0.15) is 36.9 Å². The van der Waals surface area contributed by atoms with E-state index in [4.69, 9.17) is 22.1 Å². The minimum atomic E-state index is -0.0805. The number of rotatable bonds is 7. The molecule has 0 aliphatic heterocycles. The van der Waals surface area contributed by atoms with Crippen molar-refractivity contribution >= 4 is 11.6 Å². The van der Waals surface area contributed by atoms with E-state index in [0.717, 1.165) is 30.6 Å². The molecular formula is C18H22ClNO. The largest absolute Gasteiger partial charge is 0.493 e. The summed E-state index contributed by atoms with van der Waals surface area (Å²) < 4.78 is 5.85. The van der Waals surface area contributed by atoms with Gasteiger partial charge in [0.05, 0.1) is 6.61 Å². The Balaban J connectivity index is 1.78. The number of aryl methyl sites for hydroxylation is 1. The van der Waals surface area contributed by atoms with Gasteiger partial charge in [0.2, 0.25) is 0 Å². The predicted molar refractivity (Wildman–Crippen MR) is 88.9 cm³/mol. The van der Waals surface area contributed by atoms with Gasteiger partial charge in [-0.3, -0.25) is 0 Å². The Bertz CT molecular complexity index is 554. The maximum Gasteiger partial charge on any atom is 0.124 e. The summed E-state index contributed by atoms with van der Waals surface area (Å²) in [6.07, 6.45) is 3.23. The Labute approximate surface area is 131 Å². The summed E-state index contributed by atoms with van der Waals surface area (Å²) in [7, 11) is 0. The van der Waals surface area contributed by atoms with Gasteiger partial charge in [0, 0.05) is 16.6 Å². The van der Waals surface area contributed by atoms with Gasteiger partial charge in [-0.25, -0.2) is 0 Å². The fourth-order valence-corrected chi connectivity index (χ4v) is 2.45. The highest BCUT2D eigenvalue weighted by molar-refractivity contribution is 6.30. The van der Waals surface area contributed by atoms with Gasteiger partial charge in [-0.1, -0.05) is 41.9 Å². The second-order valence-electron chi connectivity index (χ2n) is 5.26. The Morgan fingerprint density at radius 1 is 1.10 bits per heavy atom. The van der Waals surface area contributed by atoms with Crippen LogP contribution in [0, 0.1) is 0 Å². The van der Waals surface area contributed by atoms with E-state index >= 15 is 0 Å². The zero-order valence-corrected chi connectivity index (χ0v) is 13.1. The summed E-state index contributed by atoms with van der Waals surface area (Å²) in [5.74, 6) is 0.842. The Morgan fingerprint density at radius 3 is 2.57 bits per heavy atom. The molecule has 1 atom stereocenters. The second kappa shape index (κ2) is 8.06. The lowest BCUT2D eigenvalue weighted by atomic mass is 10.1. The second-order valence-corrected chi connectivity index (χ2v) is 5.70. The van der Waals surface area contributed by atoms with Crippen molar-refractivity contribution in [2.75, 3.05) is 6.61 Å². The lowest BCUT2D eigenvalue weighted by Crippen LogP contribution is -2.08. The molecule has 0 radical (unpaired) electrons. The average Bonchev–Trinajstić information content (AvgIpc) is 2.49. The Morgan fingerprint density at radius 2 is 1.86 bits per heavy atom. The molecule has 0 saturated heterocycles. The first-order valence-corrected chi connectivity index (χ1v) is 7.76. The van der Waals surface area contributed by atoms with E-state index in [9.17, 15) is 0 Å². The van der Waals surface area contributed by atoms with E-state index in [1.165, 1.54) is 5.56 Å². The van der Waals surface area contributed by atoms with Crippen LogP contribution in [-0.2, 0) is 6.42 Å². The first kappa shape index (κ1) is 15.9. The van der Waals surface area contributed by atoms with Crippen molar-refractivity contribution in [2.24, 2.45) is 5.73 Å². The average molecular weight is 304 g/mol. The van der Waals surface area contributed by atoms with Crippen LogP contribution < -0.4 is 10.5 Å². The van der Waals surface area contributed by atoms with Crippen LogP contribution in [-0.4, -0.2) is 6.61 Å². The van der Waals surface area contributed by atoms with E-state index in [1.54, 1.807) is 0 Å². The van der Waals surface area contributed by atoms with Gasteiger partial charge in [0.25, 0.3) is 0 Å². The van der Waals surface area contributed by atoms with Crippen molar-refractivity contribution in [3.63, 3.8) is 0 Å². The molecule has 112 valence electrons. The molecule has 0 aliphatic rings. The minimum Gasteiger partial charge on any atom is -0.493 e. The van der Waals surface area contributed by atoms with Gasteiger partial charge in [0.1, 0.15) is 5.75 Å². The van der Waals surface area contributed by atoms with Gasteiger partial charge in [-0.05, 0) is 49.9 Å². The van der Waals surface area contributed by atoms with Gasteiger partial charge >= 0.3 is 0 Å². The third-order valence-corrected chi connectivity index (χ3v) is 3.66. The molecular weight excluding hydrogens is 282 g/mol. The Kier molecular flexibility index (Phi) is 6.09. The molecule has 21 heavy (non-hydrogen) atoms. The number of nitrogens with two attached hydrogens (primary N) is 1. The van der Waals surface area contributed by atoms with Crippen LogP contribution in [0.2, 0.25) is 5.02 Å². The van der Waals surface area contributed by atoms with Crippen LogP contribution in [0.25, 0.3) is 0 Å². The molecule has 2 nitrogen and oxygen atoms in total. The van der Waals surface area contributed by atoms with Crippen molar-refractivity contribution < 1.29 is 4.74 Å². The van der Waals surface area contributed by atoms with Crippen molar-refractivity contribution in [2.45, 2.75) is 32.2 Å². The maximum atomic E-state index is 6.00. The van der Waals surface area contributed by atoms with Crippen LogP contribution in [0.5, 0.6) is 5.75 Å². The van der Waals surface area contributed by atoms with Crippen LogP contribution in [0.4, 0.5) is 0 Å². The fraction of sp³-hybridized carbons (Fsp3) is 0.333. The lowest BCUT2D eigenvalue weighted by molar-refractivity contribution is 0.302. The maximum absolute atomic E-state index is 6.00. The van der Waals surface area contributed by atoms with Crippen molar-refractivity contribution in [1.29, 1.82) is 0 Å². The number of benzene rings is 2. The zero-order chi connectivity index (χ0) is 15.1. The monoisotopic (exact) mass is 303 g/mol. The van der Waals surface area contributed by atoms with Crippen LogP contribution >= 0.6 is 11.6 Å². The third-order valence-electron chi connectivity index (χ3n) is 3.42. The molecule has 0 spiro atoms. The fourth-order valence-electron chi connectivity index (χ4n) is 2.26.